The fourth-order valence-electron chi connectivity index (χ4n) is 4.46. The average Bonchev–Trinajstić information content (AvgIpc) is 3.57. The molecule has 0 saturated carbocycles. The number of halogens is 1. The van der Waals surface area contributed by atoms with Crippen LogP contribution in [-0.4, -0.2) is 63.3 Å². The zero-order chi connectivity index (χ0) is 29.9. The molecule has 13 heteroatoms. The average molecular weight is 623 g/mol. The SMILES string of the molecule is COc1ccc(CN(c2nccs2)S(=O)(=O)c2ccc(N[C@@H]3CN(C(=O)OC(C)(C)C)C[C@@H]3C)c(Cl)c2)c(OC)c1. The van der Waals surface area contributed by atoms with Crippen LogP contribution >= 0.6 is 22.9 Å². The molecule has 2 atom stereocenters. The molecule has 0 radical (unpaired) electrons. The van der Waals surface area contributed by atoms with E-state index >= 15 is 0 Å². The lowest BCUT2D eigenvalue weighted by Gasteiger charge is -2.25. The number of rotatable bonds is 9. The smallest absolute Gasteiger partial charge is 0.410 e. The fraction of sp³-hybridized carbons (Fsp3) is 0.429. The molecular weight excluding hydrogens is 588 g/mol. The molecule has 0 aliphatic carbocycles. The van der Waals surface area contributed by atoms with E-state index in [2.05, 4.69) is 10.3 Å². The van der Waals surface area contributed by atoms with E-state index < -0.39 is 15.6 Å². The highest BCUT2D eigenvalue weighted by Gasteiger charge is 2.35. The van der Waals surface area contributed by atoms with E-state index in [-0.39, 0.29) is 34.5 Å². The van der Waals surface area contributed by atoms with E-state index in [9.17, 15) is 13.2 Å². The summed E-state index contributed by atoms with van der Waals surface area (Å²) in [5.41, 5.74) is 0.633. The Morgan fingerprint density at radius 3 is 2.54 bits per heavy atom. The quantitative estimate of drug-likeness (QED) is 0.315. The van der Waals surface area contributed by atoms with Crippen molar-refractivity contribution in [3.05, 3.63) is 58.6 Å². The van der Waals surface area contributed by atoms with Crippen molar-refractivity contribution in [2.75, 3.05) is 36.9 Å². The van der Waals surface area contributed by atoms with Gasteiger partial charge in [-0.3, -0.25) is 0 Å². The first kappa shape index (κ1) is 30.7. The number of carbonyl (C=O) groups is 1. The molecule has 222 valence electrons. The third-order valence-corrected chi connectivity index (χ3v) is 9.53. The van der Waals surface area contributed by atoms with Crippen molar-refractivity contribution in [3.63, 3.8) is 0 Å². The lowest BCUT2D eigenvalue weighted by molar-refractivity contribution is 0.0288. The number of methoxy groups -OCH3 is 2. The van der Waals surface area contributed by atoms with Gasteiger partial charge in [0.1, 0.15) is 17.1 Å². The standard InChI is InChI=1S/C28H35ClN4O6S2/c1-18-15-32(27(34)39-28(2,3)4)17-24(18)31-23-10-9-21(14-22(23)29)41(35,36)33(26-30-11-12-40-26)16-19-7-8-20(37-5)13-25(19)38-6/h7-14,18,24,31H,15-17H2,1-6H3/t18-,24+/m0/s1. The molecule has 1 N–H and O–H groups in total. The minimum Gasteiger partial charge on any atom is -0.497 e. The zero-order valence-electron chi connectivity index (χ0n) is 23.9. The number of ether oxygens (including phenoxy) is 3. The Hall–Kier alpha value is -3.22. The normalized spacial score (nSPS) is 17.3. The van der Waals surface area contributed by atoms with Crippen molar-refractivity contribution in [1.82, 2.24) is 9.88 Å². The molecule has 2 aromatic carbocycles. The molecule has 4 rings (SSSR count). The maximum atomic E-state index is 13.9. The molecule has 3 aromatic rings. The van der Waals surface area contributed by atoms with Gasteiger partial charge in [0.15, 0.2) is 5.13 Å². The van der Waals surface area contributed by atoms with Crippen molar-refractivity contribution in [1.29, 1.82) is 0 Å². The van der Waals surface area contributed by atoms with Crippen LogP contribution in [0.2, 0.25) is 5.02 Å². The molecule has 1 aliphatic rings. The second-order valence-electron chi connectivity index (χ2n) is 10.8. The van der Waals surface area contributed by atoms with E-state index in [1.54, 1.807) is 47.9 Å². The number of carbonyl (C=O) groups excluding carboxylic acids is 1. The monoisotopic (exact) mass is 622 g/mol. The number of nitrogens with one attached hydrogen (secondary N) is 1. The maximum Gasteiger partial charge on any atom is 0.410 e. The Kier molecular flexibility index (Phi) is 9.25. The maximum absolute atomic E-state index is 13.9. The van der Waals surface area contributed by atoms with Crippen molar-refractivity contribution in [2.24, 2.45) is 5.92 Å². The largest absolute Gasteiger partial charge is 0.497 e. The number of aromatic nitrogens is 1. The Balaban J connectivity index is 1.56. The molecule has 1 saturated heterocycles. The topological polar surface area (TPSA) is 110 Å². The lowest BCUT2D eigenvalue weighted by Crippen LogP contribution is -2.36. The Morgan fingerprint density at radius 1 is 1.17 bits per heavy atom. The second kappa shape index (κ2) is 12.3. The van der Waals surface area contributed by atoms with Crippen LogP contribution in [0.15, 0.2) is 52.9 Å². The van der Waals surface area contributed by atoms with Crippen LogP contribution in [0.1, 0.15) is 33.3 Å². The number of hydrogen-bond acceptors (Lipinski definition) is 9. The number of amides is 1. The number of hydrogen-bond donors (Lipinski definition) is 1. The van der Waals surface area contributed by atoms with E-state index in [1.807, 2.05) is 27.7 Å². The van der Waals surface area contributed by atoms with Crippen molar-refractivity contribution >= 4 is 49.9 Å². The predicted octanol–water partition coefficient (Wildman–Crippen LogP) is 5.88. The predicted molar refractivity (Wildman–Crippen MR) is 161 cm³/mol. The van der Waals surface area contributed by atoms with Gasteiger partial charge < -0.3 is 24.4 Å². The molecule has 0 bridgehead atoms. The number of nitrogens with zero attached hydrogens (tertiary/aromatic N) is 3. The highest BCUT2D eigenvalue weighted by atomic mass is 35.5. The minimum atomic E-state index is -4.06. The summed E-state index contributed by atoms with van der Waals surface area (Å²) in [5, 5.41) is 5.65. The lowest BCUT2D eigenvalue weighted by atomic mass is 10.1. The van der Waals surface area contributed by atoms with E-state index in [0.717, 1.165) is 0 Å². The third-order valence-electron chi connectivity index (χ3n) is 6.57. The van der Waals surface area contributed by atoms with Gasteiger partial charge in [-0.15, -0.1) is 11.3 Å². The summed E-state index contributed by atoms with van der Waals surface area (Å²) < 4.78 is 45.4. The van der Waals surface area contributed by atoms with Crippen LogP contribution in [0.4, 0.5) is 15.6 Å². The van der Waals surface area contributed by atoms with Crippen LogP contribution in [-0.2, 0) is 21.3 Å². The highest BCUT2D eigenvalue weighted by Crippen LogP contribution is 2.35. The molecule has 1 aromatic heterocycles. The summed E-state index contributed by atoms with van der Waals surface area (Å²) in [4.78, 5) is 18.5. The van der Waals surface area contributed by atoms with Crippen molar-refractivity contribution in [3.8, 4) is 11.5 Å². The summed E-state index contributed by atoms with van der Waals surface area (Å²) in [7, 11) is -0.998. The Morgan fingerprint density at radius 2 is 1.93 bits per heavy atom. The first-order valence-corrected chi connectivity index (χ1v) is 15.7. The van der Waals surface area contributed by atoms with Crippen LogP contribution in [0.25, 0.3) is 0 Å². The molecule has 1 amide bonds. The van der Waals surface area contributed by atoms with Gasteiger partial charge in [-0.1, -0.05) is 18.5 Å². The molecule has 0 unspecified atom stereocenters. The Bertz CT molecular complexity index is 1480. The number of thiazole rings is 1. The number of likely N-dealkylation sites (tertiary alicyclic amines) is 1. The first-order chi connectivity index (χ1) is 19.3. The minimum absolute atomic E-state index is 0.0132. The molecule has 1 aliphatic heterocycles. The van der Waals surface area contributed by atoms with Gasteiger partial charge in [0, 0.05) is 42.3 Å². The fourth-order valence-corrected chi connectivity index (χ4v) is 7.06. The molecule has 41 heavy (non-hydrogen) atoms. The highest BCUT2D eigenvalue weighted by molar-refractivity contribution is 7.93. The molecular formula is C28H35ClN4O6S2. The zero-order valence-corrected chi connectivity index (χ0v) is 26.3. The van der Waals surface area contributed by atoms with Gasteiger partial charge in [0.2, 0.25) is 0 Å². The van der Waals surface area contributed by atoms with Crippen molar-refractivity contribution in [2.45, 2.75) is 50.8 Å². The summed E-state index contributed by atoms with van der Waals surface area (Å²) in [5.74, 6) is 1.21. The molecule has 0 spiro atoms. The van der Waals surface area contributed by atoms with E-state index in [1.165, 1.54) is 34.9 Å². The van der Waals surface area contributed by atoms with Gasteiger partial charge in [0.05, 0.1) is 36.4 Å². The summed E-state index contributed by atoms with van der Waals surface area (Å²) in [6.45, 7) is 8.49. The molecule has 10 nitrogen and oxygen atoms in total. The molecule has 1 fully saturated rings. The van der Waals surface area contributed by atoms with Gasteiger partial charge in [0.25, 0.3) is 10.0 Å². The van der Waals surface area contributed by atoms with Crippen LogP contribution < -0.4 is 19.1 Å². The van der Waals surface area contributed by atoms with Gasteiger partial charge >= 0.3 is 6.09 Å². The first-order valence-electron chi connectivity index (χ1n) is 13.0. The number of sulfonamides is 1. The number of benzene rings is 2. The van der Waals surface area contributed by atoms with Crippen LogP contribution in [0.5, 0.6) is 11.5 Å². The van der Waals surface area contributed by atoms with Crippen LogP contribution in [0, 0.1) is 5.92 Å². The van der Waals surface area contributed by atoms with Crippen LogP contribution in [0.3, 0.4) is 0 Å². The summed E-state index contributed by atoms with van der Waals surface area (Å²) >= 11 is 7.83. The third kappa shape index (κ3) is 7.17. The van der Waals surface area contributed by atoms with Crippen molar-refractivity contribution < 1.29 is 27.4 Å². The van der Waals surface area contributed by atoms with Gasteiger partial charge in [-0.25, -0.2) is 22.5 Å². The molecule has 2 heterocycles. The second-order valence-corrected chi connectivity index (χ2v) is 13.9. The van der Waals surface area contributed by atoms with Gasteiger partial charge in [-0.2, -0.15) is 0 Å². The number of anilines is 2. The Labute approximate surface area is 250 Å². The van der Waals surface area contributed by atoms with Gasteiger partial charge in [-0.05, 0) is 57.0 Å². The van der Waals surface area contributed by atoms with E-state index in [4.69, 9.17) is 25.8 Å². The summed E-state index contributed by atoms with van der Waals surface area (Å²) in [6, 6.07) is 9.71. The summed E-state index contributed by atoms with van der Waals surface area (Å²) in [6.07, 6.45) is 1.19. The van der Waals surface area contributed by atoms with E-state index in [0.29, 0.717) is 41.0 Å².